The van der Waals surface area contributed by atoms with Gasteiger partial charge >= 0.3 is 0 Å². The molecule has 0 aliphatic heterocycles. The fourth-order valence-corrected chi connectivity index (χ4v) is 4.40. The van der Waals surface area contributed by atoms with Crippen molar-refractivity contribution in [3.63, 3.8) is 0 Å². The first kappa shape index (κ1) is 15.8. The van der Waals surface area contributed by atoms with Crippen LogP contribution in [0.25, 0.3) is 0 Å². The minimum atomic E-state index is -0.289. The van der Waals surface area contributed by atoms with Gasteiger partial charge in [-0.2, -0.15) is 5.26 Å². The molecule has 3 nitrogen and oxygen atoms in total. The summed E-state index contributed by atoms with van der Waals surface area (Å²) in [6.45, 7) is 7.73. The Balaban J connectivity index is 2.06. The van der Waals surface area contributed by atoms with Crippen LogP contribution in [0.15, 0.2) is 0 Å². The van der Waals surface area contributed by atoms with Crippen molar-refractivity contribution in [1.29, 1.82) is 5.26 Å². The van der Waals surface area contributed by atoms with Crippen LogP contribution in [0.5, 0.6) is 0 Å². The fraction of sp³-hybridized carbons (Fsp3) is 0.941. The highest BCUT2D eigenvalue weighted by Gasteiger charge is 2.40. The standard InChI is InChI=1S/C17H31N3/c1-4-20(15-8-5-6-9-15)16-10-7-11-17(12-16,13-18)19-14(2)3/h14-16,19H,4-12H2,1-3H3. The fourth-order valence-electron chi connectivity index (χ4n) is 4.40. The Morgan fingerprint density at radius 2 is 1.85 bits per heavy atom. The van der Waals surface area contributed by atoms with Crippen LogP contribution in [0, 0.1) is 11.3 Å². The Bertz CT molecular complexity index is 341. The van der Waals surface area contributed by atoms with Crippen molar-refractivity contribution in [2.45, 2.75) is 95.8 Å². The first-order chi connectivity index (χ1) is 9.60. The second-order valence-electron chi connectivity index (χ2n) is 7.01. The molecule has 3 heteroatoms. The van der Waals surface area contributed by atoms with Crippen LogP contribution >= 0.6 is 0 Å². The quantitative estimate of drug-likeness (QED) is 0.836. The number of rotatable bonds is 5. The summed E-state index contributed by atoms with van der Waals surface area (Å²) in [5, 5.41) is 13.3. The highest BCUT2D eigenvalue weighted by atomic mass is 15.2. The predicted octanol–water partition coefficient (Wildman–Crippen LogP) is 3.45. The van der Waals surface area contributed by atoms with Gasteiger partial charge in [0.15, 0.2) is 0 Å². The number of hydrogen-bond acceptors (Lipinski definition) is 3. The van der Waals surface area contributed by atoms with E-state index in [1.54, 1.807) is 0 Å². The lowest BCUT2D eigenvalue weighted by Crippen LogP contribution is -2.56. The summed E-state index contributed by atoms with van der Waals surface area (Å²) in [4.78, 5) is 2.71. The molecule has 2 fully saturated rings. The van der Waals surface area contributed by atoms with E-state index in [2.05, 4.69) is 37.1 Å². The van der Waals surface area contributed by atoms with Gasteiger partial charge in [-0.05, 0) is 58.9 Å². The molecule has 0 amide bonds. The van der Waals surface area contributed by atoms with Gasteiger partial charge in [0.05, 0.1) is 6.07 Å². The summed E-state index contributed by atoms with van der Waals surface area (Å²) in [7, 11) is 0. The number of nitrogens with zero attached hydrogens (tertiary/aromatic N) is 2. The van der Waals surface area contributed by atoms with Gasteiger partial charge in [0, 0.05) is 18.1 Å². The smallest absolute Gasteiger partial charge is 0.108 e. The summed E-state index contributed by atoms with van der Waals surface area (Å²) in [5.41, 5.74) is -0.289. The summed E-state index contributed by atoms with van der Waals surface area (Å²) in [6.07, 6.45) is 9.98. The highest BCUT2D eigenvalue weighted by Crippen LogP contribution is 2.35. The van der Waals surface area contributed by atoms with E-state index in [0.29, 0.717) is 12.1 Å². The van der Waals surface area contributed by atoms with E-state index in [9.17, 15) is 5.26 Å². The molecule has 20 heavy (non-hydrogen) atoms. The molecule has 0 radical (unpaired) electrons. The zero-order valence-electron chi connectivity index (χ0n) is 13.5. The van der Waals surface area contributed by atoms with E-state index in [1.807, 2.05) is 0 Å². The van der Waals surface area contributed by atoms with Gasteiger partial charge in [0.2, 0.25) is 0 Å². The molecule has 2 aliphatic rings. The number of nitrogens with one attached hydrogen (secondary N) is 1. The Labute approximate surface area is 124 Å². The Morgan fingerprint density at radius 1 is 1.20 bits per heavy atom. The SMILES string of the molecule is CCN(C1CCCC1)C1CCCC(C#N)(NC(C)C)C1. The highest BCUT2D eigenvalue weighted by molar-refractivity contribution is 5.12. The topological polar surface area (TPSA) is 39.1 Å². The van der Waals surface area contributed by atoms with Crippen molar-refractivity contribution in [2.24, 2.45) is 0 Å². The molecule has 2 saturated carbocycles. The van der Waals surface area contributed by atoms with E-state index in [1.165, 1.54) is 38.5 Å². The van der Waals surface area contributed by atoms with Crippen molar-refractivity contribution in [3.8, 4) is 6.07 Å². The second-order valence-corrected chi connectivity index (χ2v) is 7.01. The van der Waals surface area contributed by atoms with Gasteiger partial charge in [0.25, 0.3) is 0 Å². The van der Waals surface area contributed by atoms with Crippen molar-refractivity contribution in [2.75, 3.05) is 6.54 Å². The first-order valence-electron chi connectivity index (χ1n) is 8.55. The largest absolute Gasteiger partial charge is 0.298 e. The first-order valence-corrected chi connectivity index (χ1v) is 8.55. The molecular weight excluding hydrogens is 246 g/mol. The maximum Gasteiger partial charge on any atom is 0.108 e. The molecule has 0 bridgehead atoms. The maximum absolute atomic E-state index is 9.70. The van der Waals surface area contributed by atoms with Crippen molar-refractivity contribution in [1.82, 2.24) is 10.2 Å². The molecule has 0 spiro atoms. The van der Waals surface area contributed by atoms with Crippen LogP contribution < -0.4 is 5.32 Å². The molecule has 114 valence electrons. The number of hydrogen-bond donors (Lipinski definition) is 1. The molecule has 2 unspecified atom stereocenters. The molecule has 1 N–H and O–H groups in total. The summed E-state index contributed by atoms with van der Waals surface area (Å²) >= 11 is 0. The van der Waals surface area contributed by atoms with E-state index in [0.717, 1.165) is 25.4 Å². The van der Waals surface area contributed by atoms with Crippen LogP contribution in [0.1, 0.15) is 72.1 Å². The molecule has 0 heterocycles. The number of nitriles is 1. The third-order valence-corrected chi connectivity index (χ3v) is 5.13. The Kier molecular flexibility index (Phi) is 5.46. The zero-order chi connectivity index (χ0) is 14.6. The van der Waals surface area contributed by atoms with Crippen LogP contribution in [0.2, 0.25) is 0 Å². The Morgan fingerprint density at radius 3 is 2.40 bits per heavy atom. The lowest BCUT2D eigenvalue weighted by molar-refractivity contribution is 0.0838. The molecule has 0 aromatic heterocycles. The molecule has 0 saturated heterocycles. The minimum absolute atomic E-state index is 0.289. The normalized spacial score (nSPS) is 31.9. The van der Waals surface area contributed by atoms with E-state index >= 15 is 0 Å². The monoisotopic (exact) mass is 277 g/mol. The molecule has 0 aromatic carbocycles. The van der Waals surface area contributed by atoms with E-state index in [4.69, 9.17) is 0 Å². The van der Waals surface area contributed by atoms with Crippen LogP contribution in [-0.4, -0.2) is 35.1 Å². The molecule has 2 atom stereocenters. The lowest BCUT2D eigenvalue weighted by atomic mass is 9.78. The summed E-state index contributed by atoms with van der Waals surface area (Å²) in [5.74, 6) is 0. The van der Waals surface area contributed by atoms with Gasteiger partial charge in [-0.3, -0.25) is 10.2 Å². The van der Waals surface area contributed by atoms with Crippen molar-refractivity contribution in [3.05, 3.63) is 0 Å². The molecular formula is C17H31N3. The summed E-state index contributed by atoms with van der Waals surface area (Å²) < 4.78 is 0. The average Bonchev–Trinajstić information content (AvgIpc) is 2.93. The minimum Gasteiger partial charge on any atom is -0.298 e. The third kappa shape index (κ3) is 3.54. The Hall–Kier alpha value is -0.590. The summed E-state index contributed by atoms with van der Waals surface area (Å²) in [6, 6.07) is 4.37. The average molecular weight is 277 g/mol. The van der Waals surface area contributed by atoms with Gasteiger partial charge in [0.1, 0.15) is 5.54 Å². The van der Waals surface area contributed by atoms with E-state index in [-0.39, 0.29) is 5.54 Å². The van der Waals surface area contributed by atoms with Gasteiger partial charge in [-0.1, -0.05) is 19.8 Å². The van der Waals surface area contributed by atoms with Crippen molar-refractivity contribution < 1.29 is 0 Å². The van der Waals surface area contributed by atoms with Gasteiger partial charge in [-0.15, -0.1) is 0 Å². The van der Waals surface area contributed by atoms with Gasteiger partial charge in [-0.25, -0.2) is 0 Å². The van der Waals surface area contributed by atoms with Crippen LogP contribution in [0.3, 0.4) is 0 Å². The van der Waals surface area contributed by atoms with Crippen LogP contribution in [0.4, 0.5) is 0 Å². The van der Waals surface area contributed by atoms with Gasteiger partial charge < -0.3 is 0 Å². The molecule has 2 aliphatic carbocycles. The van der Waals surface area contributed by atoms with Crippen LogP contribution in [-0.2, 0) is 0 Å². The second kappa shape index (κ2) is 6.91. The lowest BCUT2D eigenvalue weighted by Gasteiger charge is -2.44. The maximum atomic E-state index is 9.70. The zero-order valence-corrected chi connectivity index (χ0v) is 13.5. The predicted molar refractivity (Wildman–Crippen MR) is 83.5 cm³/mol. The molecule has 0 aromatic rings. The third-order valence-electron chi connectivity index (χ3n) is 5.13. The van der Waals surface area contributed by atoms with E-state index < -0.39 is 0 Å². The molecule has 2 rings (SSSR count). The van der Waals surface area contributed by atoms with Crippen molar-refractivity contribution >= 4 is 0 Å².